The second kappa shape index (κ2) is 9.64. The smallest absolute Gasteiger partial charge is 0.224 e. The highest BCUT2D eigenvalue weighted by molar-refractivity contribution is 5.42. The topological polar surface area (TPSA) is 65.5 Å². The molecular weight excluding hydrogens is 292 g/mol. The molecular formula is C16H30N6O. The van der Waals surface area contributed by atoms with Gasteiger partial charge in [0.05, 0.1) is 13.2 Å². The van der Waals surface area contributed by atoms with Crippen molar-refractivity contribution < 1.29 is 4.74 Å². The molecule has 0 amide bonds. The lowest BCUT2D eigenvalue weighted by molar-refractivity contribution is 0.0398. The summed E-state index contributed by atoms with van der Waals surface area (Å²) in [7, 11) is 4.18. The standard InChI is InChI=1S/C16H30N6O/c1-14-13-15(17-5-4-7-21(2)3)20-16(19-14)18-6-8-22-9-11-23-12-10-22/h13H,4-12H2,1-3H3,(H2,17,18,19,20). The van der Waals surface area contributed by atoms with Crippen LogP contribution in [0, 0.1) is 6.92 Å². The van der Waals surface area contributed by atoms with Gasteiger partial charge in [-0.05, 0) is 34.0 Å². The number of nitrogens with one attached hydrogen (secondary N) is 2. The molecule has 0 saturated carbocycles. The Bertz CT molecular complexity index is 462. The summed E-state index contributed by atoms with van der Waals surface area (Å²) in [6.45, 7) is 9.52. The zero-order chi connectivity index (χ0) is 16.5. The van der Waals surface area contributed by atoms with Crippen molar-refractivity contribution in [3.8, 4) is 0 Å². The highest BCUT2D eigenvalue weighted by Gasteiger charge is 2.09. The molecule has 2 heterocycles. The number of hydrogen-bond acceptors (Lipinski definition) is 7. The highest BCUT2D eigenvalue weighted by atomic mass is 16.5. The van der Waals surface area contributed by atoms with Gasteiger partial charge in [0.15, 0.2) is 0 Å². The molecule has 130 valence electrons. The average molecular weight is 322 g/mol. The van der Waals surface area contributed by atoms with E-state index >= 15 is 0 Å². The van der Waals surface area contributed by atoms with Crippen LogP contribution in [0.5, 0.6) is 0 Å². The lowest BCUT2D eigenvalue weighted by Gasteiger charge is -2.26. The van der Waals surface area contributed by atoms with Gasteiger partial charge in [-0.2, -0.15) is 4.98 Å². The van der Waals surface area contributed by atoms with Gasteiger partial charge in [-0.1, -0.05) is 0 Å². The van der Waals surface area contributed by atoms with Crippen molar-refractivity contribution in [3.63, 3.8) is 0 Å². The van der Waals surface area contributed by atoms with Crippen LogP contribution in [0.25, 0.3) is 0 Å². The van der Waals surface area contributed by atoms with Gasteiger partial charge in [-0.25, -0.2) is 4.98 Å². The monoisotopic (exact) mass is 322 g/mol. The number of morpholine rings is 1. The maximum absolute atomic E-state index is 5.36. The van der Waals surface area contributed by atoms with Crippen molar-refractivity contribution in [1.29, 1.82) is 0 Å². The molecule has 1 saturated heterocycles. The summed E-state index contributed by atoms with van der Waals surface area (Å²) >= 11 is 0. The number of rotatable bonds is 9. The average Bonchev–Trinajstić information content (AvgIpc) is 2.52. The first kappa shape index (κ1) is 17.9. The van der Waals surface area contributed by atoms with Crippen molar-refractivity contribution in [2.24, 2.45) is 0 Å². The van der Waals surface area contributed by atoms with Crippen LogP contribution in [0.1, 0.15) is 12.1 Å². The molecule has 0 aliphatic carbocycles. The van der Waals surface area contributed by atoms with Crippen LogP contribution >= 0.6 is 0 Å². The molecule has 23 heavy (non-hydrogen) atoms. The predicted molar refractivity (Wildman–Crippen MR) is 94.2 cm³/mol. The van der Waals surface area contributed by atoms with Gasteiger partial charge in [0.2, 0.25) is 5.95 Å². The van der Waals surface area contributed by atoms with E-state index in [2.05, 4.69) is 44.5 Å². The van der Waals surface area contributed by atoms with Crippen LogP contribution in [0.15, 0.2) is 6.07 Å². The van der Waals surface area contributed by atoms with Crippen LogP contribution in [0.4, 0.5) is 11.8 Å². The minimum Gasteiger partial charge on any atom is -0.379 e. The molecule has 1 aromatic rings. The van der Waals surface area contributed by atoms with Gasteiger partial charge in [0, 0.05) is 44.5 Å². The normalized spacial score (nSPS) is 15.8. The van der Waals surface area contributed by atoms with E-state index in [9.17, 15) is 0 Å². The number of aromatic nitrogens is 2. The number of ether oxygens (including phenoxy) is 1. The highest BCUT2D eigenvalue weighted by Crippen LogP contribution is 2.09. The van der Waals surface area contributed by atoms with Crippen molar-refractivity contribution in [2.75, 3.05) is 77.2 Å². The summed E-state index contributed by atoms with van der Waals surface area (Å²) in [6.07, 6.45) is 1.09. The maximum atomic E-state index is 5.36. The molecule has 0 radical (unpaired) electrons. The Kier molecular flexibility index (Phi) is 7.51. The summed E-state index contributed by atoms with van der Waals surface area (Å²) < 4.78 is 5.36. The van der Waals surface area contributed by atoms with Gasteiger partial charge >= 0.3 is 0 Å². The Balaban J connectivity index is 1.74. The summed E-state index contributed by atoms with van der Waals surface area (Å²) in [5.74, 6) is 1.60. The molecule has 2 N–H and O–H groups in total. The Labute approximate surface area is 139 Å². The number of aryl methyl sites for hydroxylation is 1. The van der Waals surface area contributed by atoms with Crippen molar-refractivity contribution in [3.05, 3.63) is 11.8 Å². The molecule has 0 bridgehead atoms. The SMILES string of the molecule is Cc1cc(NCCCN(C)C)nc(NCCN2CCOCC2)n1. The van der Waals surface area contributed by atoms with Gasteiger partial charge < -0.3 is 20.3 Å². The summed E-state index contributed by atoms with van der Waals surface area (Å²) in [6, 6.07) is 1.99. The fraction of sp³-hybridized carbons (Fsp3) is 0.750. The quantitative estimate of drug-likeness (QED) is 0.655. The molecule has 0 aromatic carbocycles. The molecule has 1 fully saturated rings. The van der Waals surface area contributed by atoms with E-state index in [-0.39, 0.29) is 0 Å². The van der Waals surface area contributed by atoms with Crippen LogP contribution in [0.3, 0.4) is 0 Å². The Hall–Kier alpha value is -1.44. The molecule has 0 unspecified atom stereocenters. The first-order valence-electron chi connectivity index (χ1n) is 8.42. The fourth-order valence-corrected chi connectivity index (χ4v) is 2.50. The first-order chi connectivity index (χ1) is 11.1. The molecule has 1 aliphatic heterocycles. The molecule has 2 rings (SSSR count). The van der Waals surface area contributed by atoms with E-state index in [1.165, 1.54) is 0 Å². The van der Waals surface area contributed by atoms with Crippen molar-refractivity contribution in [2.45, 2.75) is 13.3 Å². The zero-order valence-electron chi connectivity index (χ0n) is 14.6. The van der Waals surface area contributed by atoms with Crippen molar-refractivity contribution in [1.82, 2.24) is 19.8 Å². The van der Waals surface area contributed by atoms with Gasteiger partial charge in [0.25, 0.3) is 0 Å². The Morgan fingerprint density at radius 1 is 1.17 bits per heavy atom. The summed E-state index contributed by atoms with van der Waals surface area (Å²) in [5, 5.41) is 6.71. The number of hydrogen-bond donors (Lipinski definition) is 2. The third-order valence-corrected chi connectivity index (χ3v) is 3.76. The van der Waals surface area contributed by atoms with E-state index in [0.29, 0.717) is 5.95 Å². The van der Waals surface area contributed by atoms with Crippen LogP contribution < -0.4 is 10.6 Å². The molecule has 1 aliphatic rings. The van der Waals surface area contributed by atoms with Crippen LogP contribution in [-0.4, -0.2) is 86.3 Å². The number of anilines is 2. The van der Waals surface area contributed by atoms with Crippen LogP contribution in [0.2, 0.25) is 0 Å². The molecule has 0 atom stereocenters. The Morgan fingerprint density at radius 2 is 1.96 bits per heavy atom. The Morgan fingerprint density at radius 3 is 2.70 bits per heavy atom. The molecule has 1 aromatic heterocycles. The number of nitrogens with zero attached hydrogens (tertiary/aromatic N) is 4. The lowest BCUT2D eigenvalue weighted by atomic mass is 10.3. The van der Waals surface area contributed by atoms with E-state index in [4.69, 9.17) is 4.74 Å². The second-order valence-corrected chi connectivity index (χ2v) is 6.18. The second-order valence-electron chi connectivity index (χ2n) is 6.18. The first-order valence-corrected chi connectivity index (χ1v) is 8.42. The summed E-state index contributed by atoms with van der Waals surface area (Å²) in [4.78, 5) is 13.6. The third kappa shape index (κ3) is 7.11. The maximum Gasteiger partial charge on any atom is 0.224 e. The molecule has 7 heteroatoms. The van der Waals surface area contributed by atoms with Gasteiger partial charge in [-0.3, -0.25) is 4.90 Å². The third-order valence-electron chi connectivity index (χ3n) is 3.76. The predicted octanol–water partition coefficient (Wildman–Crippen LogP) is 0.893. The van der Waals surface area contributed by atoms with E-state index < -0.39 is 0 Å². The van der Waals surface area contributed by atoms with Gasteiger partial charge in [-0.15, -0.1) is 0 Å². The molecule has 7 nitrogen and oxygen atoms in total. The van der Waals surface area contributed by atoms with Crippen molar-refractivity contribution >= 4 is 11.8 Å². The van der Waals surface area contributed by atoms with E-state index in [1.54, 1.807) is 0 Å². The minimum absolute atomic E-state index is 0.702. The summed E-state index contributed by atoms with van der Waals surface area (Å²) in [5.41, 5.74) is 0.976. The van der Waals surface area contributed by atoms with E-state index in [0.717, 1.165) is 70.4 Å². The van der Waals surface area contributed by atoms with Crippen LogP contribution in [-0.2, 0) is 4.74 Å². The fourth-order valence-electron chi connectivity index (χ4n) is 2.50. The molecule has 0 spiro atoms. The lowest BCUT2D eigenvalue weighted by Crippen LogP contribution is -2.39. The zero-order valence-corrected chi connectivity index (χ0v) is 14.6. The largest absolute Gasteiger partial charge is 0.379 e. The van der Waals surface area contributed by atoms with E-state index in [1.807, 2.05) is 13.0 Å². The minimum atomic E-state index is 0.702. The van der Waals surface area contributed by atoms with Gasteiger partial charge in [0.1, 0.15) is 5.82 Å².